The van der Waals surface area contributed by atoms with Crippen LogP contribution in [-0.2, 0) is 0 Å². The molecule has 1 fully saturated rings. The molecule has 1 N–H and O–H groups in total. The molecule has 0 aliphatic carbocycles. The highest BCUT2D eigenvalue weighted by Gasteiger charge is 2.30. The van der Waals surface area contributed by atoms with Crippen LogP contribution in [0.1, 0.15) is 24.2 Å². The first-order valence-corrected chi connectivity index (χ1v) is 6.00. The van der Waals surface area contributed by atoms with Crippen LogP contribution in [0.15, 0.2) is 18.2 Å². The Hall–Kier alpha value is -1.49. The summed E-state index contributed by atoms with van der Waals surface area (Å²) in [5, 5.41) is 3.23. The van der Waals surface area contributed by atoms with Crippen LogP contribution in [0.25, 0.3) is 0 Å². The van der Waals surface area contributed by atoms with Gasteiger partial charge in [0.2, 0.25) is 0 Å². The number of hydrogen-bond acceptors (Lipinski definition) is 2. The van der Waals surface area contributed by atoms with Crippen molar-refractivity contribution in [3.05, 3.63) is 35.4 Å². The zero-order valence-electron chi connectivity index (χ0n) is 10.4. The van der Waals surface area contributed by atoms with Crippen molar-refractivity contribution in [1.29, 1.82) is 0 Å². The third kappa shape index (κ3) is 2.22. The fraction of sp³-hybridized carbons (Fsp3) is 0.462. The standard InChI is InChI=1S/C13H16F2N2O/c1-8-9(2)17(7-6-16-8)13(18)10-4-3-5-11(14)12(10)15/h3-5,8-9,16H,6-7H2,1-2H3. The largest absolute Gasteiger partial charge is 0.333 e. The first-order chi connectivity index (χ1) is 8.52. The Morgan fingerprint density at radius 1 is 1.39 bits per heavy atom. The maximum Gasteiger partial charge on any atom is 0.257 e. The molecule has 1 saturated heterocycles. The van der Waals surface area contributed by atoms with Crippen molar-refractivity contribution in [1.82, 2.24) is 10.2 Å². The van der Waals surface area contributed by atoms with Crippen molar-refractivity contribution < 1.29 is 13.6 Å². The average Bonchev–Trinajstić information content (AvgIpc) is 2.35. The van der Waals surface area contributed by atoms with Crippen molar-refractivity contribution in [2.45, 2.75) is 25.9 Å². The smallest absolute Gasteiger partial charge is 0.257 e. The third-order valence-corrected chi connectivity index (χ3v) is 3.48. The minimum atomic E-state index is -1.07. The molecule has 0 radical (unpaired) electrons. The van der Waals surface area contributed by atoms with Crippen LogP contribution < -0.4 is 5.32 Å². The van der Waals surface area contributed by atoms with Gasteiger partial charge in [-0.25, -0.2) is 8.78 Å². The van der Waals surface area contributed by atoms with E-state index in [1.165, 1.54) is 12.1 Å². The number of hydrogen-bond donors (Lipinski definition) is 1. The summed E-state index contributed by atoms with van der Waals surface area (Å²) >= 11 is 0. The second-order valence-electron chi connectivity index (χ2n) is 4.58. The third-order valence-electron chi connectivity index (χ3n) is 3.48. The number of carbonyl (C=O) groups excluding carboxylic acids is 1. The summed E-state index contributed by atoms with van der Waals surface area (Å²) in [6.07, 6.45) is 0. The molecule has 5 heteroatoms. The summed E-state index contributed by atoms with van der Waals surface area (Å²) in [7, 11) is 0. The molecule has 1 aliphatic rings. The minimum absolute atomic E-state index is 0.0473. The molecule has 1 aromatic rings. The highest BCUT2D eigenvalue weighted by Crippen LogP contribution is 2.17. The summed E-state index contributed by atoms with van der Waals surface area (Å²) in [5.74, 6) is -2.51. The lowest BCUT2D eigenvalue weighted by Gasteiger charge is -2.38. The normalized spacial score (nSPS) is 24.1. The average molecular weight is 254 g/mol. The number of rotatable bonds is 1. The van der Waals surface area contributed by atoms with Gasteiger partial charge < -0.3 is 10.2 Å². The predicted octanol–water partition coefficient (Wildman–Crippen LogP) is 1.79. The van der Waals surface area contributed by atoms with E-state index in [2.05, 4.69) is 5.32 Å². The molecule has 0 aromatic heterocycles. The number of nitrogens with one attached hydrogen (secondary N) is 1. The molecule has 1 aliphatic heterocycles. The summed E-state index contributed by atoms with van der Waals surface area (Å²) in [4.78, 5) is 13.8. The molecule has 1 aromatic carbocycles. The predicted molar refractivity (Wildman–Crippen MR) is 64.3 cm³/mol. The summed E-state index contributed by atoms with van der Waals surface area (Å²) in [6, 6.07) is 3.77. The molecule has 18 heavy (non-hydrogen) atoms. The van der Waals surface area contributed by atoms with Gasteiger partial charge in [-0.1, -0.05) is 6.07 Å². The number of halogens is 2. The quantitative estimate of drug-likeness (QED) is 0.828. The monoisotopic (exact) mass is 254 g/mol. The zero-order valence-corrected chi connectivity index (χ0v) is 10.4. The number of amides is 1. The van der Waals surface area contributed by atoms with E-state index in [0.717, 1.165) is 6.07 Å². The maximum absolute atomic E-state index is 13.6. The summed E-state index contributed by atoms with van der Waals surface area (Å²) in [5.41, 5.74) is -0.198. The molecule has 2 atom stereocenters. The van der Waals surface area contributed by atoms with Crippen LogP contribution in [0.5, 0.6) is 0 Å². The number of benzene rings is 1. The van der Waals surface area contributed by atoms with E-state index in [-0.39, 0.29) is 17.6 Å². The van der Waals surface area contributed by atoms with Crippen LogP contribution in [-0.4, -0.2) is 36.0 Å². The maximum atomic E-state index is 13.6. The SMILES string of the molecule is CC1NCCN(C(=O)c2cccc(F)c2F)C1C. The molecule has 0 spiro atoms. The molecule has 98 valence electrons. The highest BCUT2D eigenvalue weighted by molar-refractivity contribution is 5.94. The molecule has 0 saturated carbocycles. The molecule has 1 heterocycles. The van der Waals surface area contributed by atoms with E-state index in [4.69, 9.17) is 0 Å². The Morgan fingerprint density at radius 3 is 2.83 bits per heavy atom. The van der Waals surface area contributed by atoms with Gasteiger partial charge in [0.05, 0.1) is 5.56 Å². The Bertz CT molecular complexity index is 464. The molecule has 3 nitrogen and oxygen atoms in total. The van der Waals surface area contributed by atoms with E-state index in [0.29, 0.717) is 13.1 Å². The van der Waals surface area contributed by atoms with Crippen LogP contribution in [0.2, 0.25) is 0 Å². The van der Waals surface area contributed by atoms with Gasteiger partial charge in [-0.15, -0.1) is 0 Å². The van der Waals surface area contributed by atoms with Gasteiger partial charge in [0.15, 0.2) is 11.6 Å². The minimum Gasteiger partial charge on any atom is -0.333 e. The van der Waals surface area contributed by atoms with Crippen molar-refractivity contribution in [3.63, 3.8) is 0 Å². The van der Waals surface area contributed by atoms with Crippen molar-refractivity contribution in [2.75, 3.05) is 13.1 Å². The van der Waals surface area contributed by atoms with E-state index in [9.17, 15) is 13.6 Å². The van der Waals surface area contributed by atoms with E-state index < -0.39 is 17.5 Å². The number of piperazine rings is 1. The number of carbonyl (C=O) groups is 1. The summed E-state index contributed by atoms with van der Waals surface area (Å²) < 4.78 is 26.7. The van der Waals surface area contributed by atoms with Gasteiger partial charge in [0.25, 0.3) is 5.91 Å². The highest BCUT2D eigenvalue weighted by atomic mass is 19.2. The van der Waals surface area contributed by atoms with E-state index >= 15 is 0 Å². The molecule has 1 amide bonds. The Morgan fingerprint density at radius 2 is 2.11 bits per heavy atom. The Labute approximate surface area is 105 Å². The molecular weight excluding hydrogens is 238 g/mol. The van der Waals surface area contributed by atoms with Crippen LogP contribution in [0.3, 0.4) is 0 Å². The van der Waals surface area contributed by atoms with Gasteiger partial charge in [-0.2, -0.15) is 0 Å². The van der Waals surface area contributed by atoms with Crippen LogP contribution >= 0.6 is 0 Å². The van der Waals surface area contributed by atoms with E-state index in [1.54, 1.807) is 4.90 Å². The van der Waals surface area contributed by atoms with Crippen LogP contribution in [0.4, 0.5) is 8.78 Å². The fourth-order valence-corrected chi connectivity index (χ4v) is 2.17. The van der Waals surface area contributed by atoms with E-state index in [1.807, 2.05) is 13.8 Å². The first-order valence-electron chi connectivity index (χ1n) is 6.00. The first kappa shape index (κ1) is 13.0. The molecule has 0 bridgehead atoms. The summed E-state index contributed by atoms with van der Waals surface area (Å²) in [6.45, 7) is 5.02. The second kappa shape index (κ2) is 5.02. The molecular formula is C13H16F2N2O. The van der Waals surface area contributed by atoms with Gasteiger partial charge in [-0.05, 0) is 26.0 Å². The van der Waals surface area contributed by atoms with Gasteiger partial charge in [-0.3, -0.25) is 4.79 Å². The van der Waals surface area contributed by atoms with Crippen molar-refractivity contribution in [3.8, 4) is 0 Å². The van der Waals surface area contributed by atoms with Crippen molar-refractivity contribution >= 4 is 5.91 Å². The fourth-order valence-electron chi connectivity index (χ4n) is 2.17. The van der Waals surface area contributed by atoms with Gasteiger partial charge >= 0.3 is 0 Å². The van der Waals surface area contributed by atoms with Gasteiger partial charge in [0.1, 0.15) is 0 Å². The molecule has 2 unspecified atom stereocenters. The number of nitrogens with zero attached hydrogens (tertiary/aromatic N) is 1. The topological polar surface area (TPSA) is 32.3 Å². The Balaban J connectivity index is 2.28. The lowest BCUT2D eigenvalue weighted by atomic mass is 10.0. The van der Waals surface area contributed by atoms with Gasteiger partial charge in [0, 0.05) is 25.2 Å². The lowest BCUT2D eigenvalue weighted by Crippen LogP contribution is -2.57. The van der Waals surface area contributed by atoms with Crippen LogP contribution in [0, 0.1) is 11.6 Å². The molecule has 2 rings (SSSR count). The lowest BCUT2D eigenvalue weighted by molar-refractivity contribution is 0.0597. The second-order valence-corrected chi connectivity index (χ2v) is 4.58. The zero-order chi connectivity index (χ0) is 13.3. The van der Waals surface area contributed by atoms with Crippen molar-refractivity contribution in [2.24, 2.45) is 0 Å². The Kier molecular flexibility index (Phi) is 3.61.